The Labute approximate surface area is 137 Å². The van der Waals surface area contributed by atoms with Gasteiger partial charge < -0.3 is 4.74 Å². The predicted octanol–water partition coefficient (Wildman–Crippen LogP) is 4.73. The third kappa shape index (κ3) is 3.63. The van der Waals surface area contributed by atoms with Crippen LogP contribution in [-0.2, 0) is 0 Å². The summed E-state index contributed by atoms with van der Waals surface area (Å²) in [5.41, 5.74) is 2.12. The first-order valence-corrected chi connectivity index (χ1v) is 7.24. The Morgan fingerprint density at radius 2 is 1.79 bits per heavy atom. The Bertz CT molecular complexity index is 884. The number of ether oxygens (including phenoxy) is 1. The highest BCUT2D eigenvalue weighted by molar-refractivity contribution is 6.07. The molecular formula is C19H13F2NO2. The van der Waals surface area contributed by atoms with Gasteiger partial charge in [-0.2, -0.15) is 8.78 Å². The molecule has 120 valence electrons. The average Bonchev–Trinajstić information content (AvgIpc) is 2.59. The Morgan fingerprint density at radius 3 is 2.54 bits per heavy atom. The molecule has 0 N–H and O–H groups in total. The van der Waals surface area contributed by atoms with Crippen molar-refractivity contribution >= 4 is 22.8 Å². The number of rotatable bonds is 5. The Kier molecular flexibility index (Phi) is 4.61. The van der Waals surface area contributed by atoms with E-state index in [0.717, 1.165) is 16.5 Å². The number of benzene rings is 2. The van der Waals surface area contributed by atoms with Crippen molar-refractivity contribution in [3.8, 4) is 5.75 Å². The zero-order valence-electron chi connectivity index (χ0n) is 12.5. The van der Waals surface area contributed by atoms with Gasteiger partial charge in [0.05, 0.1) is 5.52 Å². The SMILES string of the molecule is O=C(/C=C/c1ccnc2ccccc12)c1ccc(OC(F)F)cc1. The zero-order chi connectivity index (χ0) is 16.9. The molecule has 0 spiro atoms. The maximum Gasteiger partial charge on any atom is 0.387 e. The highest BCUT2D eigenvalue weighted by atomic mass is 19.3. The van der Waals surface area contributed by atoms with Crippen molar-refractivity contribution in [3.05, 3.63) is 78.0 Å². The van der Waals surface area contributed by atoms with Gasteiger partial charge in [0.25, 0.3) is 0 Å². The lowest BCUT2D eigenvalue weighted by molar-refractivity contribution is -0.0498. The Balaban J connectivity index is 1.79. The number of alkyl halides is 2. The van der Waals surface area contributed by atoms with E-state index in [-0.39, 0.29) is 11.5 Å². The van der Waals surface area contributed by atoms with Crippen molar-refractivity contribution in [2.75, 3.05) is 0 Å². The smallest absolute Gasteiger partial charge is 0.387 e. The molecule has 1 heterocycles. The number of fused-ring (bicyclic) bond motifs is 1. The molecule has 0 aliphatic heterocycles. The van der Waals surface area contributed by atoms with Crippen molar-refractivity contribution in [2.24, 2.45) is 0 Å². The molecule has 0 aliphatic rings. The fraction of sp³-hybridized carbons (Fsp3) is 0.0526. The van der Waals surface area contributed by atoms with Gasteiger partial charge in [0, 0.05) is 17.1 Å². The monoisotopic (exact) mass is 325 g/mol. The molecule has 3 rings (SSSR count). The number of aromatic nitrogens is 1. The molecule has 0 saturated heterocycles. The summed E-state index contributed by atoms with van der Waals surface area (Å²) >= 11 is 0. The van der Waals surface area contributed by atoms with Crippen LogP contribution in [0.15, 0.2) is 66.9 Å². The number of nitrogens with zero attached hydrogens (tertiary/aromatic N) is 1. The van der Waals surface area contributed by atoms with Crippen LogP contribution in [0.4, 0.5) is 8.78 Å². The van der Waals surface area contributed by atoms with E-state index in [1.807, 2.05) is 30.3 Å². The van der Waals surface area contributed by atoms with Gasteiger partial charge in [-0.1, -0.05) is 24.3 Å². The molecule has 24 heavy (non-hydrogen) atoms. The van der Waals surface area contributed by atoms with E-state index in [2.05, 4.69) is 9.72 Å². The van der Waals surface area contributed by atoms with Crippen LogP contribution in [0.2, 0.25) is 0 Å². The number of pyridine rings is 1. The maximum atomic E-state index is 12.2. The number of hydrogen-bond acceptors (Lipinski definition) is 3. The summed E-state index contributed by atoms with van der Waals surface area (Å²) in [7, 11) is 0. The quantitative estimate of drug-likeness (QED) is 0.503. The topological polar surface area (TPSA) is 39.2 Å². The van der Waals surface area contributed by atoms with E-state index in [1.165, 1.54) is 30.3 Å². The lowest BCUT2D eigenvalue weighted by Gasteiger charge is -2.04. The fourth-order valence-electron chi connectivity index (χ4n) is 2.33. The minimum atomic E-state index is -2.88. The molecular weight excluding hydrogens is 312 g/mol. The second kappa shape index (κ2) is 7.00. The number of para-hydroxylation sites is 1. The lowest BCUT2D eigenvalue weighted by atomic mass is 10.1. The Morgan fingerprint density at radius 1 is 1.04 bits per heavy atom. The lowest BCUT2D eigenvalue weighted by Crippen LogP contribution is -2.02. The molecule has 0 saturated carbocycles. The maximum absolute atomic E-state index is 12.2. The van der Waals surface area contributed by atoms with E-state index in [0.29, 0.717) is 5.56 Å². The molecule has 0 amide bonds. The number of hydrogen-bond donors (Lipinski definition) is 0. The summed E-state index contributed by atoms with van der Waals surface area (Å²) in [4.78, 5) is 16.5. The van der Waals surface area contributed by atoms with E-state index >= 15 is 0 Å². The van der Waals surface area contributed by atoms with Crippen molar-refractivity contribution in [2.45, 2.75) is 6.61 Å². The third-order valence-electron chi connectivity index (χ3n) is 3.46. The normalized spacial score (nSPS) is 11.3. The largest absolute Gasteiger partial charge is 0.435 e. The molecule has 0 unspecified atom stereocenters. The van der Waals surface area contributed by atoms with E-state index in [4.69, 9.17) is 0 Å². The molecule has 3 aromatic rings. The van der Waals surface area contributed by atoms with Crippen LogP contribution >= 0.6 is 0 Å². The van der Waals surface area contributed by atoms with Crippen molar-refractivity contribution in [1.82, 2.24) is 4.98 Å². The van der Waals surface area contributed by atoms with Gasteiger partial charge in [-0.3, -0.25) is 9.78 Å². The average molecular weight is 325 g/mol. The van der Waals surface area contributed by atoms with Gasteiger partial charge in [-0.15, -0.1) is 0 Å². The molecule has 0 atom stereocenters. The molecule has 0 radical (unpaired) electrons. The van der Waals surface area contributed by atoms with Gasteiger partial charge in [0.1, 0.15) is 5.75 Å². The summed E-state index contributed by atoms with van der Waals surface area (Å²) in [6.07, 6.45) is 4.85. The van der Waals surface area contributed by atoms with E-state index in [1.54, 1.807) is 12.3 Å². The number of halogens is 2. The highest BCUT2D eigenvalue weighted by Gasteiger charge is 2.06. The number of carbonyl (C=O) groups excluding carboxylic acids is 1. The zero-order valence-corrected chi connectivity index (χ0v) is 12.5. The fourth-order valence-corrected chi connectivity index (χ4v) is 2.33. The van der Waals surface area contributed by atoms with Crippen LogP contribution in [0.5, 0.6) is 5.75 Å². The van der Waals surface area contributed by atoms with E-state index < -0.39 is 6.61 Å². The van der Waals surface area contributed by atoms with Crippen LogP contribution in [0.3, 0.4) is 0 Å². The van der Waals surface area contributed by atoms with Gasteiger partial charge in [-0.05, 0) is 48.0 Å². The second-order valence-corrected chi connectivity index (χ2v) is 5.02. The first-order valence-electron chi connectivity index (χ1n) is 7.24. The first-order chi connectivity index (χ1) is 11.6. The number of ketones is 1. The number of allylic oxidation sites excluding steroid dienone is 1. The molecule has 0 bridgehead atoms. The summed E-state index contributed by atoms with van der Waals surface area (Å²) in [6, 6.07) is 15.1. The van der Waals surface area contributed by atoms with Crippen LogP contribution < -0.4 is 4.74 Å². The van der Waals surface area contributed by atoms with E-state index in [9.17, 15) is 13.6 Å². The molecule has 5 heteroatoms. The standard InChI is InChI=1S/C19H13F2NO2/c20-19(21)24-15-8-5-14(6-9-15)18(23)10-7-13-11-12-22-17-4-2-1-3-16(13)17/h1-12,19H/b10-7+. The molecule has 1 aromatic heterocycles. The first kappa shape index (κ1) is 15.8. The molecule has 2 aromatic carbocycles. The summed E-state index contributed by atoms with van der Waals surface area (Å²) < 4.78 is 28.5. The van der Waals surface area contributed by atoms with Crippen molar-refractivity contribution in [1.29, 1.82) is 0 Å². The summed E-state index contributed by atoms with van der Waals surface area (Å²) in [5, 5.41) is 0.949. The molecule has 3 nitrogen and oxygen atoms in total. The minimum absolute atomic E-state index is 0.0191. The Hall–Kier alpha value is -3.08. The summed E-state index contributed by atoms with van der Waals surface area (Å²) in [6.45, 7) is -2.88. The van der Waals surface area contributed by atoms with Crippen LogP contribution in [-0.4, -0.2) is 17.4 Å². The van der Waals surface area contributed by atoms with Crippen LogP contribution in [0.1, 0.15) is 15.9 Å². The van der Waals surface area contributed by atoms with Gasteiger partial charge in [0.2, 0.25) is 0 Å². The molecule has 0 fully saturated rings. The third-order valence-corrected chi connectivity index (χ3v) is 3.46. The predicted molar refractivity (Wildman–Crippen MR) is 88.2 cm³/mol. The minimum Gasteiger partial charge on any atom is -0.435 e. The van der Waals surface area contributed by atoms with Crippen LogP contribution in [0, 0.1) is 0 Å². The second-order valence-electron chi connectivity index (χ2n) is 5.02. The van der Waals surface area contributed by atoms with Gasteiger partial charge >= 0.3 is 6.61 Å². The van der Waals surface area contributed by atoms with Gasteiger partial charge in [0.15, 0.2) is 5.78 Å². The summed E-state index contributed by atoms with van der Waals surface area (Å²) in [5.74, 6) is -0.204. The highest BCUT2D eigenvalue weighted by Crippen LogP contribution is 2.19. The van der Waals surface area contributed by atoms with Crippen molar-refractivity contribution in [3.63, 3.8) is 0 Å². The van der Waals surface area contributed by atoms with Crippen LogP contribution in [0.25, 0.3) is 17.0 Å². The molecule has 0 aliphatic carbocycles. The van der Waals surface area contributed by atoms with Crippen molar-refractivity contribution < 1.29 is 18.3 Å². The number of carbonyl (C=O) groups is 1. The van der Waals surface area contributed by atoms with Gasteiger partial charge in [-0.25, -0.2) is 0 Å².